The van der Waals surface area contributed by atoms with Crippen LogP contribution >= 0.6 is 15.9 Å². The van der Waals surface area contributed by atoms with Gasteiger partial charge in [0, 0.05) is 17.1 Å². The first kappa shape index (κ1) is 12.4. The van der Waals surface area contributed by atoms with Crippen LogP contribution in [0.3, 0.4) is 0 Å². The van der Waals surface area contributed by atoms with Crippen molar-refractivity contribution >= 4 is 15.9 Å². The van der Waals surface area contributed by atoms with Crippen molar-refractivity contribution in [3.05, 3.63) is 34.3 Å². The first-order chi connectivity index (χ1) is 9.28. The molecular weight excluding hydrogens is 298 g/mol. The van der Waals surface area contributed by atoms with Crippen LogP contribution in [0.2, 0.25) is 0 Å². The Morgan fingerprint density at radius 2 is 1.68 bits per heavy atom. The molecule has 4 bridgehead atoms. The summed E-state index contributed by atoms with van der Waals surface area (Å²) in [4.78, 5) is 0. The lowest BCUT2D eigenvalue weighted by molar-refractivity contribution is -0.0142. The number of hydrogen-bond donors (Lipinski definition) is 1. The predicted octanol–water partition coefficient (Wildman–Crippen LogP) is 4.36. The van der Waals surface area contributed by atoms with Crippen LogP contribution in [0.1, 0.15) is 37.7 Å². The van der Waals surface area contributed by atoms with E-state index in [4.69, 9.17) is 0 Å². The first-order valence-electron chi connectivity index (χ1n) is 7.76. The Morgan fingerprint density at radius 3 is 2.32 bits per heavy atom. The normalized spacial score (nSPS) is 39.7. The minimum atomic E-state index is 0.798. The molecule has 2 heteroatoms. The van der Waals surface area contributed by atoms with E-state index in [9.17, 15) is 0 Å². The Bertz CT molecular complexity index is 442. The largest absolute Gasteiger partial charge is 0.309 e. The number of hydrogen-bond acceptors (Lipinski definition) is 1. The average Bonchev–Trinajstić information content (AvgIpc) is 2.37. The summed E-state index contributed by atoms with van der Waals surface area (Å²) in [6, 6.07) is 9.51. The van der Waals surface area contributed by atoms with E-state index in [-0.39, 0.29) is 0 Å². The molecule has 19 heavy (non-hydrogen) atoms. The van der Waals surface area contributed by atoms with E-state index < -0.39 is 0 Å². The Kier molecular flexibility index (Phi) is 3.19. The molecular formula is C17H22BrN. The predicted molar refractivity (Wildman–Crippen MR) is 81.8 cm³/mol. The lowest BCUT2D eigenvalue weighted by Gasteiger charge is -2.54. The summed E-state index contributed by atoms with van der Waals surface area (Å²) in [6.45, 7) is 1.03. The van der Waals surface area contributed by atoms with Gasteiger partial charge in [0.25, 0.3) is 0 Å². The maximum Gasteiger partial charge on any atom is 0.0208 e. The molecule has 0 radical (unpaired) electrons. The van der Waals surface area contributed by atoms with Crippen LogP contribution in [0.25, 0.3) is 0 Å². The van der Waals surface area contributed by atoms with Crippen molar-refractivity contribution in [1.82, 2.24) is 5.32 Å². The molecule has 102 valence electrons. The molecule has 4 fully saturated rings. The number of halogens is 1. The molecule has 0 saturated heterocycles. The van der Waals surface area contributed by atoms with E-state index in [0.29, 0.717) is 0 Å². The zero-order chi connectivity index (χ0) is 12.8. The standard InChI is InChI=1S/C17H22BrN/c18-16-3-1-2-11(9-16)10-19-17-14-5-12-4-13(7-14)8-15(17)6-12/h1-3,9,12-15,17,19H,4-8,10H2. The van der Waals surface area contributed by atoms with Crippen molar-refractivity contribution in [2.45, 2.75) is 44.7 Å². The maximum absolute atomic E-state index is 3.89. The van der Waals surface area contributed by atoms with E-state index >= 15 is 0 Å². The summed E-state index contributed by atoms with van der Waals surface area (Å²) in [5, 5.41) is 3.89. The quantitative estimate of drug-likeness (QED) is 0.872. The third-order valence-corrected chi connectivity index (χ3v) is 6.15. The second-order valence-electron chi connectivity index (χ2n) is 6.97. The van der Waals surface area contributed by atoms with Gasteiger partial charge in [-0.3, -0.25) is 0 Å². The van der Waals surface area contributed by atoms with Crippen LogP contribution in [-0.2, 0) is 6.54 Å². The van der Waals surface area contributed by atoms with E-state index in [1.165, 1.54) is 35.7 Å². The second-order valence-corrected chi connectivity index (χ2v) is 7.88. The molecule has 1 aromatic rings. The smallest absolute Gasteiger partial charge is 0.0208 e. The van der Waals surface area contributed by atoms with Crippen molar-refractivity contribution in [2.24, 2.45) is 23.7 Å². The summed E-state index contributed by atoms with van der Waals surface area (Å²) < 4.78 is 1.19. The fraction of sp³-hybridized carbons (Fsp3) is 0.647. The monoisotopic (exact) mass is 319 g/mol. The van der Waals surface area contributed by atoms with E-state index in [1.54, 1.807) is 6.42 Å². The molecule has 0 aromatic heterocycles. The summed E-state index contributed by atoms with van der Waals surface area (Å²) in [6.07, 6.45) is 7.56. The van der Waals surface area contributed by atoms with Gasteiger partial charge in [-0.1, -0.05) is 28.1 Å². The molecule has 1 aromatic carbocycles. The minimum absolute atomic E-state index is 0.798. The topological polar surface area (TPSA) is 12.0 Å². The molecule has 4 aliphatic carbocycles. The van der Waals surface area contributed by atoms with Gasteiger partial charge in [0.1, 0.15) is 0 Å². The van der Waals surface area contributed by atoms with Crippen LogP contribution in [0.5, 0.6) is 0 Å². The SMILES string of the molecule is Brc1cccc(CNC2C3CC4CC(C3)CC2C4)c1. The molecule has 1 N–H and O–H groups in total. The number of nitrogens with one attached hydrogen (secondary N) is 1. The summed E-state index contributed by atoms with van der Waals surface area (Å²) >= 11 is 3.56. The van der Waals surface area contributed by atoms with Crippen molar-refractivity contribution in [1.29, 1.82) is 0 Å². The van der Waals surface area contributed by atoms with Gasteiger partial charge < -0.3 is 5.32 Å². The van der Waals surface area contributed by atoms with Crippen molar-refractivity contribution in [3.8, 4) is 0 Å². The fourth-order valence-corrected chi connectivity index (χ4v) is 5.59. The molecule has 0 aliphatic heterocycles. The lowest BCUT2D eigenvalue weighted by atomic mass is 9.54. The molecule has 0 heterocycles. The zero-order valence-corrected chi connectivity index (χ0v) is 12.9. The highest BCUT2D eigenvalue weighted by molar-refractivity contribution is 9.10. The Morgan fingerprint density at radius 1 is 1.00 bits per heavy atom. The minimum Gasteiger partial charge on any atom is -0.309 e. The van der Waals surface area contributed by atoms with Crippen molar-refractivity contribution in [3.63, 3.8) is 0 Å². The van der Waals surface area contributed by atoms with Gasteiger partial charge in [-0.2, -0.15) is 0 Å². The van der Waals surface area contributed by atoms with Crippen LogP contribution < -0.4 is 5.32 Å². The third kappa shape index (κ3) is 2.38. The van der Waals surface area contributed by atoms with E-state index in [2.05, 4.69) is 45.5 Å². The van der Waals surface area contributed by atoms with Gasteiger partial charge in [0.2, 0.25) is 0 Å². The molecule has 0 unspecified atom stereocenters. The Hall–Kier alpha value is -0.340. The maximum atomic E-state index is 3.89. The van der Waals surface area contributed by atoms with Gasteiger partial charge >= 0.3 is 0 Å². The molecule has 0 amide bonds. The summed E-state index contributed by atoms with van der Waals surface area (Å²) in [5.41, 5.74) is 1.41. The average molecular weight is 320 g/mol. The second kappa shape index (κ2) is 4.89. The zero-order valence-electron chi connectivity index (χ0n) is 11.3. The first-order valence-corrected chi connectivity index (χ1v) is 8.55. The molecule has 5 rings (SSSR count). The highest BCUT2D eigenvalue weighted by Crippen LogP contribution is 2.53. The van der Waals surface area contributed by atoms with Gasteiger partial charge in [-0.25, -0.2) is 0 Å². The van der Waals surface area contributed by atoms with Crippen molar-refractivity contribution in [2.75, 3.05) is 0 Å². The number of rotatable bonds is 3. The number of benzene rings is 1. The van der Waals surface area contributed by atoms with Crippen LogP contribution in [-0.4, -0.2) is 6.04 Å². The van der Waals surface area contributed by atoms with Crippen LogP contribution in [0.4, 0.5) is 0 Å². The van der Waals surface area contributed by atoms with E-state index in [1.807, 2.05) is 0 Å². The highest BCUT2D eigenvalue weighted by Gasteiger charge is 2.47. The third-order valence-electron chi connectivity index (χ3n) is 5.66. The van der Waals surface area contributed by atoms with Gasteiger partial charge in [0.15, 0.2) is 0 Å². The van der Waals surface area contributed by atoms with Crippen LogP contribution in [0, 0.1) is 23.7 Å². The molecule has 0 atom stereocenters. The molecule has 4 saturated carbocycles. The highest BCUT2D eigenvalue weighted by atomic mass is 79.9. The fourth-order valence-electron chi connectivity index (χ4n) is 5.14. The van der Waals surface area contributed by atoms with Gasteiger partial charge in [0.05, 0.1) is 0 Å². The van der Waals surface area contributed by atoms with Crippen LogP contribution in [0.15, 0.2) is 28.7 Å². The summed E-state index contributed by atoms with van der Waals surface area (Å²) in [5.74, 6) is 4.10. The van der Waals surface area contributed by atoms with Gasteiger partial charge in [-0.15, -0.1) is 0 Å². The van der Waals surface area contributed by atoms with Gasteiger partial charge in [-0.05, 0) is 73.5 Å². The lowest BCUT2D eigenvalue weighted by Crippen LogP contribution is -2.54. The molecule has 0 spiro atoms. The Labute approximate surface area is 124 Å². The Balaban J connectivity index is 1.43. The summed E-state index contributed by atoms with van der Waals surface area (Å²) in [7, 11) is 0. The van der Waals surface area contributed by atoms with Crippen molar-refractivity contribution < 1.29 is 0 Å². The molecule has 4 aliphatic rings. The van der Waals surface area contributed by atoms with E-state index in [0.717, 1.165) is 36.3 Å². The molecule has 1 nitrogen and oxygen atoms in total.